The Morgan fingerprint density at radius 3 is 3.00 bits per heavy atom. The molecule has 1 heterocycles. The monoisotopic (exact) mass is 209 g/mol. The zero-order chi connectivity index (χ0) is 10.7. The molecular weight excluding hydrogens is 190 g/mol. The number of aromatic nitrogens is 4. The van der Waals surface area contributed by atoms with Crippen LogP contribution in [-0.4, -0.2) is 26.7 Å². The van der Waals surface area contributed by atoms with Crippen molar-refractivity contribution in [2.75, 3.05) is 0 Å². The standard InChI is InChI=1S/C10H19N5/c1-7-3-4-8(2)9(5-7)11-6-10-12-14-15-13-10/h7-9,11H,3-6H2,1-2H3,(H,12,13,14,15). The lowest BCUT2D eigenvalue weighted by molar-refractivity contribution is 0.226. The van der Waals surface area contributed by atoms with E-state index in [0.717, 1.165) is 24.2 Å². The van der Waals surface area contributed by atoms with Gasteiger partial charge in [0.1, 0.15) is 0 Å². The first-order valence-corrected chi connectivity index (χ1v) is 5.71. The highest BCUT2D eigenvalue weighted by molar-refractivity contribution is 4.84. The summed E-state index contributed by atoms with van der Waals surface area (Å²) in [6.07, 6.45) is 3.95. The van der Waals surface area contributed by atoms with Gasteiger partial charge in [-0.1, -0.05) is 25.5 Å². The Labute approximate surface area is 90.0 Å². The summed E-state index contributed by atoms with van der Waals surface area (Å²) >= 11 is 0. The van der Waals surface area contributed by atoms with E-state index in [-0.39, 0.29) is 0 Å². The Balaban J connectivity index is 1.82. The van der Waals surface area contributed by atoms with Gasteiger partial charge in [-0.05, 0) is 24.7 Å². The van der Waals surface area contributed by atoms with Crippen molar-refractivity contribution in [3.8, 4) is 0 Å². The lowest BCUT2D eigenvalue weighted by atomic mass is 9.80. The molecule has 0 bridgehead atoms. The lowest BCUT2D eigenvalue weighted by Gasteiger charge is -2.33. The van der Waals surface area contributed by atoms with Crippen LogP contribution in [0.4, 0.5) is 0 Å². The molecule has 3 atom stereocenters. The molecule has 84 valence electrons. The van der Waals surface area contributed by atoms with Crippen LogP contribution in [0.25, 0.3) is 0 Å². The van der Waals surface area contributed by atoms with Crippen LogP contribution in [0.2, 0.25) is 0 Å². The van der Waals surface area contributed by atoms with Gasteiger partial charge >= 0.3 is 0 Å². The van der Waals surface area contributed by atoms with Crippen LogP contribution < -0.4 is 5.32 Å². The summed E-state index contributed by atoms with van der Waals surface area (Å²) < 4.78 is 0. The SMILES string of the molecule is CC1CCC(C)C(NCc2nn[nH]n2)C1. The topological polar surface area (TPSA) is 66.5 Å². The van der Waals surface area contributed by atoms with Crippen molar-refractivity contribution in [3.63, 3.8) is 0 Å². The molecule has 2 N–H and O–H groups in total. The molecule has 1 aliphatic carbocycles. The number of nitrogens with zero attached hydrogens (tertiary/aromatic N) is 3. The average Bonchev–Trinajstić information content (AvgIpc) is 2.72. The Morgan fingerprint density at radius 1 is 1.40 bits per heavy atom. The fraction of sp³-hybridized carbons (Fsp3) is 0.900. The van der Waals surface area contributed by atoms with E-state index in [1.807, 2.05) is 0 Å². The molecular formula is C10H19N5. The van der Waals surface area contributed by atoms with E-state index >= 15 is 0 Å². The van der Waals surface area contributed by atoms with Crippen LogP contribution in [0.1, 0.15) is 38.9 Å². The maximum absolute atomic E-state index is 3.93. The first kappa shape index (κ1) is 10.5. The molecule has 0 radical (unpaired) electrons. The normalized spacial score (nSPS) is 31.7. The first-order valence-electron chi connectivity index (χ1n) is 5.71. The van der Waals surface area contributed by atoms with Crippen molar-refractivity contribution in [1.29, 1.82) is 0 Å². The second-order valence-electron chi connectivity index (χ2n) is 4.71. The van der Waals surface area contributed by atoms with Crippen LogP contribution in [0, 0.1) is 11.8 Å². The number of aromatic amines is 1. The molecule has 1 saturated carbocycles. The quantitative estimate of drug-likeness (QED) is 0.782. The molecule has 0 amide bonds. The molecule has 1 aliphatic rings. The Morgan fingerprint density at radius 2 is 2.27 bits per heavy atom. The van der Waals surface area contributed by atoms with Crippen molar-refractivity contribution in [2.24, 2.45) is 11.8 Å². The number of rotatable bonds is 3. The fourth-order valence-corrected chi connectivity index (χ4v) is 2.30. The summed E-state index contributed by atoms with van der Waals surface area (Å²) in [5.74, 6) is 2.34. The second kappa shape index (κ2) is 4.70. The number of H-pyrrole nitrogens is 1. The van der Waals surface area contributed by atoms with Gasteiger partial charge in [0.05, 0.1) is 6.54 Å². The van der Waals surface area contributed by atoms with Crippen LogP contribution in [-0.2, 0) is 6.54 Å². The van der Waals surface area contributed by atoms with Gasteiger partial charge in [0.2, 0.25) is 0 Å². The summed E-state index contributed by atoms with van der Waals surface area (Å²) in [6, 6.07) is 0.604. The molecule has 5 nitrogen and oxygen atoms in total. The largest absolute Gasteiger partial charge is 0.307 e. The van der Waals surface area contributed by atoms with E-state index < -0.39 is 0 Å². The Bertz CT molecular complexity index is 284. The zero-order valence-corrected chi connectivity index (χ0v) is 9.40. The Hall–Kier alpha value is -0.970. The predicted octanol–water partition coefficient (Wildman–Crippen LogP) is 1.11. The van der Waals surface area contributed by atoms with E-state index in [0.29, 0.717) is 6.04 Å². The van der Waals surface area contributed by atoms with Crippen molar-refractivity contribution < 1.29 is 0 Å². The van der Waals surface area contributed by atoms with Crippen LogP contribution in [0.3, 0.4) is 0 Å². The van der Waals surface area contributed by atoms with Gasteiger partial charge in [-0.15, -0.1) is 10.2 Å². The molecule has 1 fully saturated rings. The second-order valence-corrected chi connectivity index (χ2v) is 4.71. The van der Waals surface area contributed by atoms with Gasteiger partial charge in [-0.2, -0.15) is 5.21 Å². The minimum absolute atomic E-state index is 0.604. The van der Waals surface area contributed by atoms with Gasteiger partial charge in [0.25, 0.3) is 0 Å². The maximum atomic E-state index is 3.93. The first-order chi connectivity index (χ1) is 7.25. The van der Waals surface area contributed by atoms with Crippen molar-refractivity contribution >= 4 is 0 Å². The smallest absolute Gasteiger partial charge is 0.188 e. The Kier molecular flexibility index (Phi) is 3.30. The number of nitrogens with one attached hydrogen (secondary N) is 2. The highest BCUT2D eigenvalue weighted by atomic mass is 15.5. The van der Waals surface area contributed by atoms with Gasteiger partial charge < -0.3 is 5.32 Å². The lowest BCUT2D eigenvalue weighted by Crippen LogP contribution is -2.39. The van der Waals surface area contributed by atoms with Gasteiger partial charge in [0.15, 0.2) is 5.82 Å². The van der Waals surface area contributed by atoms with Crippen LogP contribution in [0.15, 0.2) is 0 Å². The third kappa shape index (κ3) is 2.75. The van der Waals surface area contributed by atoms with E-state index in [2.05, 4.69) is 39.8 Å². The molecule has 0 aliphatic heterocycles. The average molecular weight is 209 g/mol. The highest BCUT2D eigenvalue weighted by Gasteiger charge is 2.24. The predicted molar refractivity (Wildman–Crippen MR) is 57.0 cm³/mol. The fourth-order valence-electron chi connectivity index (χ4n) is 2.30. The minimum Gasteiger partial charge on any atom is -0.307 e. The summed E-state index contributed by atoms with van der Waals surface area (Å²) in [4.78, 5) is 0. The molecule has 0 saturated heterocycles. The summed E-state index contributed by atoms with van der Waals surface area (Å²) in [5.41, 5.74) is 0. The van der Waals surface area contributed by atoms with E-state index in [1.54, 1.807) is 0 Å². The van der Waals surface area contributed by atoms with Gasteiger partial charge in [-0.25, -0.2) is 0 Å². The molecule has 0 spiro atoms. The molecule has 15 heavy (non-hydrogen) atoms. The summed E-state index contributed by atoms with van der Waals surface area (Å²) in [7, 11) is 0. The van der Waals surface area contributed by atoms with Gasteiger partial charge in [-0.3, -0.25) is 0 Å². The molecule has 3 unspecified atom stereocenters. The molecule has 2 rings (SSSR count). The minimum atomic E-state index is 0.604. The van der Waals surface area contributed by atoms with Crippen LogP contribution in [0.5, 0.6) is 0 Å². The summed E-state index contributed by atoms with van der Waals surface area (Å²) in [5, 5.41) is 17.4. The number of tetrazole rings is 1. The van der Waals surface area contributed by atoms with E-state index in [1.165, 1.54) is 19.3 Å². The van der Waals surface area contributed by atoms with Gasteiger partial charge in [0, 0.05) is 6.04 Å². The van der Waals surface area contributed by atoms with Crippen molar-refractivity contribution in [1.82, 2.24) is 25.9 Å². The third-order valence-corrected chi connectivity index (χ3v) is 3.37. The molecule has 1 aromatic heterocycles. The highest BCUT2D eigenvalue weighted by Crippen LogP contribution is 2.28. The molecule has 0 aromatic carbocycles. The molecule has 5 heteroatoms. The van der Waals surface area contributed by atoms with E-state index in [9.17, 15) is 0 Å². The van der Waals surface area contributed by atoms with Crippen molar-refractivity contribution in [3.05, 3.63) is 5.82 Å². The zero-order valence-electron chi connectivity index (χ0n) is 9.40. The number of hydrogen-bond acceptors (Lipinski definition) is 4. The maximum Gasteiger partial charge on any atom is 0.188 e. The van der Waals surface area contributed by atoms with E-state index in [4.69, 9.17) is 0 Å². The molecule has 1 aromatic rings. The summed E-state index contributed by atoms with van der Waals surface area (Å²) in [6.45, 7) is 5.37. The number of hydrogen-bond donors (Lipinski definition) is 2. The van der Waals surface area contributed by atoms with Crippen LogP contribution >= 0.6 is 0 Å². The third-order valence-electron chi connectivity index (χ3n) is 3.37. The van der Waals surface area contributed by atoms with Crippen molar-refractivity contribution in [2.45, 2.75) is 45.7 Å².